The monoisotopic (exact) mass is 450 g/mol. The van der Waals surface area contributed by atoms with E-state index in [4.69, 9.17) is 0 Å². The lowest BCUT2D eigenvalue weighted by molar-refractivity contribution is -0.121. The summed E-state index contributed by atoms with van der Waals surface area (Å²) in [6, 6.07) is 16.8. The average molecular weight is 452 g/mol. The molecule has 0 amide bonds. The van der Waals surface area contributed by atoms with Gasteiger partial charge in [-0.2, -0.15) is 0 Å². The fourth-order valence-electron chi connectivity index (χ4n) is 2.96. The van der Waals surface area contributed by atoms with Gasteiger partial charge in [0.1, 0.15) is 5.78 Å². The van der Waals surface area contributed by atoms with Gasteiger partial charge in [0.25, 0.3) is 0 Å². The Morgan fingerprint density at radius 1 is 0.833 bits per heavy atom. The number of hydrogen-bond acceptors (Lipinski definition) is 1. The van der Waals surface area contributed by atoms with Crippen LogP contribution in [0.3, 0.4) is 0 Å². The van der Waals surface area contributed by atoms with Crippen molar-refractivity contribution in [2.45, 2.75) is 38.5 Å². The van der Waals surface area contributed by atoms with Crippen LogP contribution in [0.25, 0.3) is 0 Å². The molecule has 2 aromatic rings. The molecule has 0 spiro atoms. The third kappa shape index (κ3) is 4.58. The lowest BCUT2D eigenvalue weighted by Crippen LogP contribution is -2.23. The lowest BCUT2D eigenvalue weighted by Gasteiger charge is -2.21. The van der Waals surface area contributed by atoms with E-state index in [0.29, 0.717) is 10.7 Å². The fourth-order valence-corrected chi connectivity index (χ4v) is 4.35. The number of rotatable bonds is 8. The van der Waals surface area contributed by atoms with Gasteiger partial charge in [-0.15, -0.1) is 0 Å². The highest BCUT2D eigenvalue weighted by Crippen LogP contribution is 2.30. The summed E-state index contributed by atoms with van der Waals surface area (Å²) < 4.78 is 0. The molecule has 1 nitrogen and oxygen atoms in total. The minimum Gasteiger partial charge on any atom is -0.298 e. The molecule has 0 aliphatic carbocycles. The zero-order valence-electron chi connectivity index (χ0n) is 14.3. The van der Waals surface area contributed by atoms with Crippen LogP contribution >= 0.6 is 31.9 Å². The molecule has 0 radical (unpaired) electrons. The Balaban J connectivity index is 2.33. The van der Waals surface area contributed by atoms with Crippen LogP contribution in [0.1, 0.15) is 47.9 Å². The molecule has 0 heterocycles. The number of carbonyl (C=O) groups is 1. The molecule has 128 valence electrons. The van der Waals surface area contributed by atoms with Crippen molar-refractivity contribution in [1.82, 2.24) is 0 Å². The predicted molar refractivity (Wildman–Crippen MR) is 110 cm³/mol. The molecular weight excluding hydrogens is 428 g/mol. The first-order valence-electron chi connectivity index (χ1n) is 8.47. The summed E-state index contributed by atoms with van der Waals surface area (Å²) in [6.07, 6.45) is 1.97. The van der Waals surface area contributed by atoms with E-state index >= 15 is 0 Å². The van der Waals surface area contributed by atoms with Crippen LogP contribution < -0.4 is 0 Å². The van der Waals surface area contributed by atoms with E-state index in [0.717, 1.165) is 24.0 Å². The van der Waals surface area contributed by atoms with Crippen molar-refractivity contribution in [3.8, 4) is 0 Å². The second-order valence-corrected chi connectivity index (χ2v) is 7.31. The summed E-state index contributed by atoms with van der Waals surface area (Å²) >= 11 is 7.12. The quantitative estimate of drug-likeness (QED) is 0.447. The number of carbonyl (C=O) groups excluding carboxylic acids is 1. The van der Waals surface area contributed by atoms with E-state index in [1.165, 1.54) is 11.1 Å². The second-order valence-electron chi connectivity index (χ2n) is 6.01. The first-order valence-corrected chi connectivity index (χ1v) is 10.7. The van der Waals surface area contributed by atoms with Crippen LogP contribution in [-0.2, 0) is 17.6 Å². The molecule has 2 unspecified atom stereocenters. The summed E-state index contributed by atoms with van der Waals surface area (Å²) in [5.41, 5.74) is 4.76. The van der Waals surface area contributed by atoms with E-state index < -0.39 is 0 Å². The van der Waals surface area contributed by atoms with Crippen molar-refractivity contribution in [3.63, 3.8) is 0 Å². The molecule has 0 bridgehead atoms. The Hall–Kier alpha value is -0.930. The van der Waals surface area contributed by atoms with Gasteiger partial charge in [-0.25, -0.2) is 0 Å². The first kappa shape index (κ1) is 19.4. The van der Waals surface area contributed by atoms with Crippen LogP contribution in [0.4, 0.5) is 0 Å². The molecule has 3 heteroatoms. The highest BCUT2D eigenvalue weighted by Gasteiger charge is 2.28. The number of alkyl halides is 2. The van der Waals surface area contributed by atoms with Gasteiger partial charge in [0.2, 0.25) is 0 Å². The van der Waals surface area contributed by atoms with Gasteiger partial charge in [-0.3, -0.25) is 4.79 Å². The molecule has 0 aliphatic rings. The maximum Gasteiger partial charge on any atom is 0.149 e. The smallest absolute Gasteiger partial charge is 0.149 e. The van der Waals surface area contributed by atoms with Gasteiger partial charge in [0.05, 0.1) is 11.8 Å². The van der Waals surface area contributed by atoms with Crippen LogP contribution in [0.2, 0.25) is 0 Å². The Bertz CT molecular complexity index is 624. The number of hydrogen-bond donors (Lipinski definition) is 0. The van der Waals surface area contributed by atoms with Crippen molar-refractivity contribution in [1.29, 1.82) is 0 Å². The van der Waals surface area contributed by atoms with E-state index in [9.17, 15) is 4.79 Å². The summed E-state index contributed by atoms with van der Waals surface area (Å²) in [6.45, 7) is 4.28. The SMILES string of the molecule is CCc1cccc(C(CBr)C(=O)C(CBr)c2cccc(CC)c2)c1. The molecule has 0 saturated carbocycles. The minimum absolute atomic E-state index is 0.121. The van der Waals surface area contributed by atoms with E-state index in [1.807, 2.05) is 0 Å². The van der Waals surface area contributed by atoms with Gasteiger partial charge in [0.15, 0.2) is 0 Å². The maximum atomic E-state index is 13.2. The summed E-state index contributed by atoms with van der Waals surface area (Å²) in [4.78, 5) is 13.2. The molecule has 0 saturated heterocycles. The van der Waals surface area contributed by atoms with Gasteiger partial charge >= 0.3 is 0 Å². The molecule has 0 fully saturated rings. The highest BCUT2D eigenvalue weighted by molar-refractivity contribution is 9.09. The summed E-state index contributed by atoms with van der Waals surface area (Å²) in [5, 5.41) is 1.30. The topological polar surface area (TPSA) is 17.1 Å². The minimum atomic E-state index is -0.121. The number of Topliss-reactive ketones (excluding diaryl/α,β-unsaturated/α-hetero) is 1. The highest BCUT2D eigenvalue weighted by atomic mass is 79.9. The number of halogens is 2. The van der Waals surface area contributed by atoms with Crippen molar-refractivity contribution >= 4 is 37.6 Å². The van der Waals surface area contributed by atoms with Crippen molar-refractivity contribution < 1.29 is 4.79 Å². The van der Waals surface area contributed by atoms with Crippen LogP contribution in [0.15, 0.2) is 48.5 Å². The lowest BCUT2D eigenvalue weighted by atomic mass is 9.84. The molecule has 24 heavy (non-hydrogen) atoms. The average Bonchev–Trinajstić information content (AvgIpc) is 2.63. The standard InChI is InChI=1S/C21H24Br2O/c1-3-15-7-5-9-17(11-15)19(13-22)21(24)20(14-23)18-10-6-8-16(4-2)12-18/h5-12,19-20H,3-4,13-14H2,1-2H3. The molecule has 2 rings (SSSR count). The Morgan fingerprint density at radius 3 is 1.58 bits per heavy atom. The third-order valence-electron chi connectivity index (χ3n) is 4.52. The number of benzene rings is 2. The Labute approximate surface area is 162 Å². The molecule has 0 N–H and O–H groups in total. The molecule has 0 aliphatic heterocycles. The maximum absolute atomic E-state index is 13.2. The molecular formula is C21H24Br2O. The normalized spacial score (nSPS) is 13.5. The van der Waals surface area contributed by atoms with Crippen LogP contribution in [0, 0.1) is 0 Å². The van der Waals surface area contributed by atoms with Crippen LogP contribution in [0.5, 0.6) is 0 Å². The van der Waals surface area contributed by atoms with Gasteiger partial charge in [-0.1, -0.05) is 94.2 Å². The Kier molecular flexibility index (Phi) is 7.70. The van der Waals surface area contributed by atoms with Crippen molar-refractivity contribution in [3.05, 3.63) is 70.8 Å². The zero-order valence-corrected chi connectivity index (χ0v) is 17.4. The Morgan fingerprint density at radius 2 is 1.25 bits per heavy atom. The van der Waals surface area contributed by atoms with Gasteiger partial charge < -0.3 is 0 Å². The van der Waals surface area contributed by atoms with Crippen molar-refractivity contribution in [2.24, 2.45) is 0 Å². The zero-order chi connectivity index (χ0) is 17.5. The largest absolute Gasteiger partial charge is 0.298 e. The van der Waals surface area contributed by atoms with E-state index in [2.05, 4.69) is 94.2 Å². The van der Waals surface area contributed by atoms with E-state index in [1.54, 1.807) is 0 Å². The van der Waals surface area contributed by atoms with Gasteiger partial charge in [0, 0.05) is 10.7 Å². The third-order valence-corrected chi connectivity index (χ3v) is 5.81. The molecule has 2 aromatic carbocycles. The summed E-state index contributed by atoms with van der Waals surface area (Å²) in [7, 11) is 0. The molecule has 2 atom stereocenters. The first-order chi connectivity index (χ1) is 11.6. The number of aryl methyl sites for hydroxylation is 2. The van der Waals surface area contributed by atoms with E-state index in [-0.39, 0.29) is 17.6 Å². The predicted octanol–water partition coefficient (Wildman–Crippen LogP) is 6.04. The second kappa shape index (κ2) is 9.53. The van der Waals surface area contributed by atoms with Gasteiger partial charge in [-0.05, 0) is 35.1 Å². The van der Waals surface area contributed by atoms with Crippen molar-refractivity contribution in [2.75, 3.05) is 10.7 Å². The fraction of sp³-hybridized carbons (Fsp3) is 0.381. The number of ketones is 1. The van der Waals surface area contributed by atoms with Crippen LogP contribution in [-0.4, -0.2) is 16.4 Å². The summed E-state index contributed by atoms with van der Waals surface area (Å²) in [5.74, 6) is 0.0268. The molecule has 0 aromatic heterocycles.